The second-order valence-corrected chi connectivity index (χ2v) is 10.9. The van der Waals surface area contributed by atoms with Crippen molar-refractivity contribution in [2.75, 3.05) is 0 Å². The van der Waals surface area contributed by atoms with Gasteiger partial charge >= 0.3 is 5.97 Å². The molecule has 1 aromatic carbocycles. The zero-order chi connectivity index (χ0) is 24.0. The number of benzene rings is 1. The highest BCUT2D eigenvalue weighted by atomic mass is 19.1. The van der Waals surface area contributed by atoms with Gasteiger partial charge in [-0.05, 0) is 65.5 Å². The molecule has 4 rings (SSSR count). The number of carboxylic acid groups (broad SMARTS) is 1. The number of nitrogens with one attached hydrogen (secondary N) is 1. The van der Waals surface area contributed by atoms with Crippen molar-refractivity contribution in [2.24, 2.45) is 16.7 Å². The van der Waals surface area contributed by atoms with E-state index in [1.165, 1.54) is 11.6 Å². The summed E-state index contributed by atoms with van der Waals surface area (Å²) in [6.45, 7) is 8.99. The van der Waals surface area contributed by atoms with Gasteiger partial charge in [-0.2, -0.15) is 5.10 Å². The fraction of sp³-hybridized carbons (Fsp3) is 0.407. The standard InChI is InChI=1S/C27H30F2N2O2/c1-26(2)12-19(13-27(3,4)15-26)25(16-5-7-23-18(9-16)14-30-31-23)17-10-21(28)20(22(29)11-17)6-8-24(32)33/h5-10,14,17H,11-13,15H2,1-4H3,(H,30,31)(H,32,33)/b8-6+. The molecular formula is C27H30F2N2O2. The van der Waals surface area contributed by atoms with Crippen LogP contribution in [0.1, 0.15) is 58.9 Å². The van der Waals surface area contributed by atoms with Gasteiger partial charge in [0.1, 0.15) is 11.7 Å². The van der Waals surface area contributed by atoms with Crippen LogP contribution in [0.25, 0.3) is 16.5 Å². The van der Waals surface area contributed by atoms with Gasteiger partial charge < -0.3 is 5.11 Å². The molecule has 0 bridgehead atoms. The highest BCUT2D eigenvalue weighted by molar-refractivity contribution is 5.85. The van der Waals surface area contributed by atoms with Gasteiger partial charge in [0.2, 0.25) is 0 Å². The monoisotopic (exact) mass is 452 g/mol. The molecule has 1 unspecified atom stereocenters. The summed E-state index contributed by atoms with van der Waals surface area (Å²) in [5.41, 5.74) is 3.90. The molecule has 2 N–H and O–H groups in total. The number of aromatic nitrogens is 2. The number of hydrogen-bond acceptors (Lipinski definition) is 2. The number of H-pyrrole nitrogens is 1. The van der Waals surface area contributed by atoms with Gasteiger partial charge in [-0.15, -0.1) is 0 Å². The van der Waals surface area contributed by atoms with Crippen molar-refractivity contribution in [1.29, 1.82) is 0 Å². The van der Waals surface area contributed by atoms with Crippen LogP contribution in [0.2, 0.25) is 0 Å². The maximum atomic E-state index is 15.1. The van der Waals surface area contributed by atoms with Crippen molar-refractivity contribution >= 4 is 22.4 Å². The molecule has 1 aromatic heterocycles. The quantitative estimate of drug-likeness (QED) is 0.479. The van der Waals surface area contributed by atoms with Crippen molar-refractivity contribution in [2.45, 2.75) is 53.4 Å². The summed E-state index contributed by atoms with van der Waals surface area (Å²) in [7, 11) is 0. The Morgan fingerprint density at radius 2 is 1.88 bits per heavy atom. The van der Waals surface area contributed by atoms with E-state index in [2.05, 4.69) is 37.9 Å². The van der Waals surface area contributed by atoms with Crippen LogP contribution in [0.15, 0.2) is 65.4 Å². The van der Waals surface area contributed by atoms with E-state index in [9.17, 15) is 4.79 Å². The Labute approximate surface area is 192 Å². The van der Waals surface area contributed by atoms with Gasteiger partial charge in [0.05, 0.1) is 11.7 Å². The average molecular weight is 453 g/mol. The molecule has 1 atom stereocenters. The van der Waals surface area contributed by atoms with Crippen LogP contribution in [0.5, 0.6) is 0 Å². The Hall–Kier alpha value is -3.02. The Morgan fingerprint density at radius 3 is 2.52 bits per heavy atom. The van der Waals surface area contributed by atoms with Crippen molar-refractivity contribution < 1.29 is 18.7 Å². The molecule has 0 saturated heterocycles. The van der Waals surface area contributed by atoms with Crippen molar-refractivity contribution in [3.63, 3.8) is 0 Å². The predicted octanol–water partition coefficient (Wildman–Crippen LogP) is 7.29. The molecule has 174 valence electrons. The van der Waals surface area contributed by atoms with E-state index in [1.807, 2.05) is 18.2 Å². The van der Waals surface area contributed by atoms with Gasteiger partial charge in [0.15, 0.2) is 0 Å². The molecule has 1 heterocycles. The van der Waals surface area contributed by atoms with Gasteiger partial charge in [-0.25, -0.2) is 13.6 Å². The minimum Gasteiger partial charge on any atom is -0.478 e. The maximum absolute atomic E-state index is 15.1. The second-order valence-electron chi connectivity index (χ2n) is 10.9. The van der Waals surface area contributed by atoms with Gasteiger partial charge in [-0.3, -0.25) is 5.10 Å². The van der Waals surface area contributed by atoms with E-state index in [0.29, 0.717) is 0 Å². The lowest BCUT2D eigenvalue weighted by Gasteiger charge is -2.44. The fourth-order valence-corrected chi connectivity index (χ4v) is 5.89. The molecule has 2 aromatic rings. The van der Waals surface area contributed by atoms with E-state index in [4.69, 9.17) is 5.11 Å². The molecule has 1 saturated carbocycles. The van der Waals surface area contributed by atoms with Crippen LogP contribution in [-0.4, -0.2) is 21.3 Å². The number of aromatic amines is 1. The van der Waals surface area contributed by atoms with Gasteiger partial charge in [-0.1, -0.05) is 39.3 Å². The number of carbonyl (C=O) groups is 1. The molecule has 0 amide bonds. The van der Waals surface area contributed by atoms with E-state index >= 15 is 8.78 Å². The first-order valence-corrected chi connectivity index (χ1v) is 11.3. The Bertz CT molecular complexity index is 1210. The Kier molecular flexibility index (Phi) is 5.89. The average Bonchev–Trinajstić information content (AvgIpc) is 3.13. The summed E-state index contributed by atoms with van der Waals surface area (Å²) in [5, 5.41) is 16.9. The lowest BCUT2D eigenvalue weighted by molar-refractivity contribution is -0.131. The third kappa shape index (κ3) is 5.00. The number of nitrogens with zero attached hydrogens (tertiary/aromatic N) is 1. The maximum Gasteiger partial charge on any atom is 0.328 e. The van der Waals surface area contributed by atoms with Gasteiger partial charge in [0.25, 0.3) is 0 Å². The molecule has 0 aliphatic heterocycles. The first-order valence-electron chi connectivity index (χ1n) is 11.3. The molecule has 2 aliphatic rings. The third-order valence-electron chi connectivity index (χ3n) is 6.53. The smallest absolute Gasteiger partial charge is 0.328 e. The van der Waals surface area contributed by atoms with Crippen molar-refractivity contribution in [1.82, 2.24) is 10.2 Å². The van der Waals surface area contributed by atoms with E-state index in [-0.39, 0.29) is 22.8 Å². The first-order chi connectivity index (χ1) is 15.4. The Balaban J connectivity index is 1.85. The molecule has 4 nitrogen and oxygen atoms in total. The number of rotatable bonds is 4. The summed E-state index contributed by atoms with van der Waals surface area (Å²) in [6.07, 6.45) is 7.75. The molecular weight excluding hydrogens is 422 g/mol. The normalized spacial score (nSPS) is 22.7. The number of halogens is 2. The first kappa shape index (κ1) is 23.1. The van der Waals surface area contributed by atoms with E-state index in [1.54, 1.807) is 6.20 Å². The number of fused-ring (bicyclic) bond motifs is 1. The molecule has 2 aliphatic carbocycles. The summed E-state index contributed by atoms with van der Waals surface area (Å²) < 4.78 is 30.1. The van der Waals surface area contributed by atoms with Crippen molar-refractivity contribution in [3.8, 4) is 0 Å². The van der Waals surface area contributed by atoms with E-state index in [0.717, 1.165) is 53.5 Å². The van der Waals surface area contributed by atoms with Crippen LogP contribution in [0, 0.1) is 16.7 Å². The second kappa shape index (κ2) is 8.40. The highest BCUT2D eigenvalue weighted by Gasteiger charge is 2.38. The topological polar surface area (TPSA) is 66.0 Å². The van der Waals surface area contributed by atoms with Crippen LogP contribution in [-0.2, 0) is 4.79 Å². The minimum absolute atomic E-state index is 0.00414. The number of aliphatic carboxylic acids is 1. The zero-order valence-electron chi connectivity index (χ0n) is 19.5. The highest BCUT2D eigenvalue weighted by Crippen LogP contribution is 2.52. The number of hydrogen-bond donors (Lipinski definition) is 2. The van der Waals surface area contributed by atoms with E-state index < -0.39 is 23.5 Å². The summed E-state index contributed by atoms with van der Waals surface area (Å²) in [6, 6.07) is 5.97. The van der Waals surface area contributed by atoms with Crippen LogP contribution >= 0.6 is 0 Å². The lowest BCUT2D eigenvalue weighted by atomic mass is 9.61. The number of carboxylic acids is 1. The Morgan fingerprint density at radius 1 is 1.18 bits per heavy atom. The molecule has 0 radical (unpaired) electrons. The number of allylic oxidation sites excluding steroid dienone is 7. The van der Waals surface area contributed by atoms with Gasteiger partial charge in [0, 0.05) is 29.4 Å². The fourth-order valence-electron chi connectivity index (χ4n) is 5.89. The molecule has 33 heavy (non-hydrogen) atoms. The molecule has 6 heteroatoms. The minimum atomic E-state index is -1.24. The summed E-state index contributed by atoms with van der Waals surface area (Å²) in [5.74, 6) is -3.07. The SMILES string of the molecule is CC1(C)CC(=C(c2ccc3[nH]ncc3c2)C2C=C(F)C(/C=C/C(=O)O)=C(F)C2)CC(C)(C)C1. The largest absolute Gasteiger partial charge is 0.478 e. The third-order valence-corrected chi connectivity index (χ3v) is 6.53. The van der Waals surface area contributed by atoms with Crippen LogP contribution < -0.4 is 0 Å². The summed E-state index contributed by atoms with van der Waals surface area (Å²) in [4.78, 5) is 10.8. The molecule has 1 fully saturated rings. The summed E-state index contributed by atoms with van der Waals surface area (Å²) >= 11 is 0. The van der Waals surface area contributed by atoms with Crippen molar-refractivity contribution in [3.05, 3.63) is 71.0 Å². The lowest BCUT2D eigenvalue weighted by Crippen LogP contribution is -2.31. The predicted molar refractivity (Wildman–Crippen MR) is 127 cm³/mol. The zero-order valence-corrected chi connectivity index (χ0v) is 19.5. The molecule has 0 spiro atoms. The van der Waals surface area contributed by atoms with Crippen LogP contribution in [0.4, 0.5) is 8.78 Å². The van der Waals surface area contributed by atoms with Crippen LogP contribution in [0.3, 0.4) is 0 Å².